The van der Waals surface area contributed by atoms with Crippen molar-refractivity contribution in [1.82, 2.24) is 15.5 Å². The van der Waals surface area contributed by atoms with Gasteiger partial charge in [0.2, 0.25) is 0 Å². The molecule has 5 N–H and O–H groups in total. The molecule has 4 aliphatic heterocycles. The van der Waals surface area contributed by atoms with Gasteiger partial charge in [-0.1, -0.05) is 18.6 Å². The number of hydrogen-bond donors (Lipinski definition) is 5. The Labute approximate surface area is 264 Å². The van der Waals surface area contributed by atoms with Crippen molar-refractivity contribution in [2.75, 3.05) is 25.5 Å². The number of fused-ring (bicyclic) bond motifs is 1. The molecule has 0 spiro atoms. The molecular formula is C30H39N3O11S. The molecule has 0 aromatic heterocycles. The van der Waals surface area contributed by atoms with Gasteiger partial charge in [-0.15, -0.1) is 0 Å². The summed E-state index contributed by atoms with van der Waals surface area (Å²) >= 11 is 1.85. The fourth-order valence-corrected chi connectivity index (χ4v) is 7.20. The van der Waals surface area contributed by atoms with E-state index in [9.17, 15) is 34.5 Å². The van der Waals surface area contributed by atoms with Gasteiger partial charge >= 0.3 is 12.0 Å². The Morgan fingerprint density at radius 3 is 2.49 bits per heavy atom. The molecule has 0 bridgehead atoms. The lowest BCUT2D eigenvalue weighted by molar-refractivity contribution is -0.303. The number of aliphatic hydroxyl groups is 3. The Morgan fingerprint density at radius 1 is 0.978 bits per heavy atom. The Hall–Kier alpha value is -3.05. The summed E-state index contributed by atoms with van der Waals surface area (Å²) in [4.78, 5) is 48.1. The van der Waals surface area contributed by atoms with E-state index in [2.05, 4.69) is 10.6 Å². The molecule has 1 aromatic rings. The zero-order chi connectivity index (χ0) is 31.9. The summed E-state index contributed by atoms with van der Waals surface area (Å²) in [6, 6.07) is 7.06. The van der Waals surface area contributed by atoms with E-state index in [0.717, 1.165) is 29.1 Å². The number of carbonyl (C=O) groups is 4. The van der Waals surface area contributed by atoms with E-state index >= 15 is 0 Å². The van der Waals surface area contributed by atoms with E-state index in [0.29, 0.717) is 23.8 Å². The molecule has 8 atom stereocenters. The molecule has 246 valence electrons. The summed E-state index contributed by atoms with van der Waals surface area (Å²) in [5, 5.41) is 37.2. The number of unbranched alkanes of at least 4 members (excludes halogenated alkanes) is 1. The Kier molecular flexibility index (Phi) is 11.5. The van der Waals surface area contributed by atoms with Crippen LogP contribution in [0.15, 0.2) is 36.4 Å². The molecule has 45 heavy (non-hydrogen) atoms. The van der Waals surface area contributed by atoms with E-state index in [4.69, 9.17) is 18.9 Å². The van der Waals surface area contributed by atoms with Gasteiger partial charge in [0.05, 0.1) is 31.9 Å². The van der Waals surface area contributed by atoms with Crippen LogP contribution in [0.5, 0.6) is 5.75 Å². The monoisotopic (exact) mass is 660 g/mol. The number of carbonyl (C=O) groups excluding carboxylic acids is 4. The minimum atomic E-state index is -1.53. The number of esters is 1. The maximum atomic E-state index is 12.3. The molecule has 3 saturated heterocycles. The molecule has 4 heterocycles. The fourth-order valence-electron chi connectivity index (χ4n) is 5.65. The van der Waals surface area contributed by atoms with Crippen LogP contribution in [0.4, 0.5) is 4.79 Å². The molecule has 0 aliphatic carbocycles. The largest absolute Gasteiger partial charge is 0.427 e. The topological polar surface area (TPSA) is 193 Å². The standard InChI is InChI=1S/C30H39N3O11S/c34-22-10-11-23(35)33(22)12-3-13-42-29-28(39)27(38)26(37)20(44-29)15-41-14-17-6-8-18(9-7-17)43-24(36)5-2-1-4-21-25-19(16-45-21)31-30(40)32-25/h6-11,19-21,25-29,37-39H,1-5,12-16H2,(H2,31,32,40)/t19-,20?,21-,25-,26+,27-,28+,29+/m0/s1/i3+1,10+1,11+1,12+1,13+1,15+1,20+1,26+1,27+1,28+1,29+1. The zero-order valence-electron chi connectivity index (χ0n) is 24.6. The summed E-state index contributed by atoms with van der Waals surface area (Å²) in [6.07, 6.45) is -1.22. The molecule has 14 nitrogen and oxygen atoms in total. The second-order valence-electron chi connectivity index (χ2n) is 11.4. The Bertz CT molecular complexity index is 1230. The second kappa shape index (κ2) is 15.5. The first kappa shape index (κ1) is 33.3. The van der Waals surface area contributed by atoms with Crippen molar-refractivity contribution < 1.29 is 53.4 Å². The first-order valence-electron chi connectivity index (χ1n) is 15.1. The van der Waals surface area contributed by atoms with E-state index in [-0.39, 0.29) is 56.9 Å². The predicted octanol–water partition coefficient (Wildman–Crippen LogP) is -0.0263. The molecule has 4 amide bonds. The highest BCUT2D eigenvalue weighted by molar-refractivity contribution is 8.00. The lowest BCUT2D eigenvalue weighted by Crippen LogP contribution is -2.59. The van der Waals surface area contributed by atoms with Crippen molar-refractivity contribution in [3.63, 3.8) is 0 Å². The SMILES string of the molecule is O=C1N[C@H]2[C@H](CS[C@H]2CCCCC(=O)Oc2ccc(CO[13CH2][13CH]3O[13C@@H](O[13CH2][13CH2][13CH2]N4C(=O)[13CH]=[13CH]C4=O)[13C@H](O)[13C@@H](O)[13C@@H]3O)cc2)N1. The van der Waals surface area contributed by atoms with E-state index in [1.165, 1.54) is 12.2 Å². The van der Waals surface area contributed by atoms with Gasteiger partial charge in [0.15, 0.2) is 6.29 Å². The fraction of sp³-hybridized carbons (Fsp3) is 0.600. The first-order chi connectivity index (χ1) is 21.7. The van der Waals surface area contributed by atoms with Crippen molar-refractivity contribution >= 4 is 35.6 Å². The van der Waals surface area contributed by atoms with Crippen LogP contribution < -0.4 is 15.4 Å². The molecule has 0 saturated carbocycles. The average molecular weight is 661 g/mol. The van der Waals surface area contributed by atoms with Gasteiger partial charge in [0.25, 0.3) is 11.8 Å². The average Bonchev–Trinajstić information content (AvgIpc) is 3.68. The van der Waals surface area contributed by atoms with Crippen LogP contribution in [0.2, 0.25) is 0 Å². The number of urea groups is 1. The Balaban J connectivity index is 0.969. The number of rotatable bonds is 15. The molecule has 1 aromatic carbocycles. The minimum Gasteiger partial charge on any atom is -0.427 e. The molecule has 1 unspecified atom stereocenters. The predicted molar refractivity (Wildman–Crippen MR) is 159 cm³/mol. The van der Waals surface area contributed by atoms with Crippen molar-refractivity contribution in [2.24, 2.45) is 0 Å². The molecular weight excluding hydrogens is 621 g/mol. The highest BCUT2D eigenvalue weighted by Crippen LogP contribution is 2.33. The maximum Gasteiger partial charge on any atom is 0.315 e. The van der Waals surface area contributed by atoms with Crippen LogP contribution in [-0.4, -0.2) is 118 Å². The van der Waals surface area contributed by atoms with Gasteiger partial charge in [-0.2, -0.15) is 11.8 Å². The first-order valence-corrected chi connectivity index (χ1v) is 16.2. The number of nitrogens with one attached hydrogen (secondary N) is 2. The number of ether oxygens (including phenoxy) is 4. The summed E-state index contributed by atoms with van der Waals surface area (Å²) in [5.41, 5.74) is 0.773. The lowest BCUT2D eigenvalue weighted by Gasteiger charge is -2.40. The third-order valence-corrected chi connectivity index (χ3v) is 9.65. The highest BCUT2D eigenvalue weighted by atomic mass is 32.2. The highest BCUT2D eigenvalue weighted by Gasteiger charge is 2.44. The summed E-state index contributed by atoms with van der Waals surface area (Å²) in [5.74, 6) is 0.197. The van der Waals surface area contributed by atoms with Crippen LogP contribution in [0.25, 0.3) is 0 Å². The van der Waals surface area contributed by atoms with Crippen molar-refractivity contribution in [2.45, 2.75) is 86.8 Å². The number of nitrogens with zero attached hydrogens (tertiary/aromatic N) is 1. The number of benzene rings is 1. The maximum absolute atomic E-state index is 12.3. The van der Waals surface area contributed by atoms with E-state index in [1.54, 1.807) is 24.3 Å². The van der Waals surface area contributed by atoms with Crippen LogP contribution in [0.1, 0.15) is 37.7 Å². The summed E-state index contributed by atoms with van der Waals surface area (Å²) in [6.45, 7) is 0.206. The quantitative estimate of drug-likeness (QED) is 0.0422. The molecule has 3 fully saturated rings. The van der Waals surface area contributed by atoms with Crippen LogP contribution in [-0.2, 0) is 35.2 Å². The van der Waals surface area contributed by atoms with Gasteiger partial charge in [0.1, 0.15) is 30.2 Å². The summed E-state index contributed by atoms with van der Waals surface area (Å²) in [7, 11) is 0. The number of amides is 4. The van der Waals surface area contributed by atoms with Crippen molar-refractivity contribution in [3.8, 4) is 5.75 Å². The second-order valence-corrected chi connectivity index (χ2v) is 12.7. The normalized spacial score (nSPS) is 30.8. The molecule has 4 aliphatic rings. The minimum absolute atomic E-state index is 0.0331. The Morgan fingerprint density at radius 2 is 1.73 bits per heavy atom. The third-order valence-electron chi connectivity index (χ3n) is 8.14. The van der Waals surface area contributed by atoms with Gasteiger partial charge in [0, 0.05) is 36.1 Å². The van der Waals surface area contributed by atoms with Gasteiger partial charge in [-0.3, -0.25) is 19.3 Å². The smallest absolute Gasteiger partial charge is 0.315 e. The zero-order valence-corrected chi connectivity index (χ0v) is 25.4. The third kappa shape index (κ3) is 8.61. The van der Waals surface area contributed by atoms with E-state index in [1.807, 2.05) is 11.8 Å². The van der Waals surface area contributed by atoms with Gasteiger partial charge in [-0.05, 0) is 37.0 Å². The number of aliphatic hydroxyl groups excluding tert-OH is 3. The number of hydrogen-bond acceptors (Lipinski definition) is 12. The lowest BCUT2D eigenvalue weighted by atomic mass is 10.0. The molecule has 5 rings (SSSR count). The van der Waals surface area contributed by atoms with Crippen molar-refractivity contribution in [1.29, 1.82) is 0 Å². The van der Waals surface area contributed by atoms with Crippen molar-refractivity contribution in [3.05, 3.63) is 42.0 Å². The number of imide groups is 1. The molecule has 0 radical (unpaired) electrons. The van der Waals surface area contributed by atoms with Crippen LogP contribution >= 0.6 is 11.8 Å². The molecule has 15 heteroatoms. The van der Waals surface area contributed by atoms with Gasteiger partial charge < -0.3 is 44.9 Å². The summed E-state index contributed by atoms with van der Waals surface area (Å²) < 4.78 is 22.3. The van der Waals surface area contributed by atoms with Gasteiger partial charge in [-0.25, -0.2) is 4.79 Å². The van der Waals surface area contributed by atoms with Crippen LogP contribution in [0, 0.1) is 0 Å². The number of thioether (sulfide) groups is 1. The van der Waals surface area contributed by atoms with E-state index < -0.39 is 42.5 Å². The van der Waals surface area contributed by atoms with Crippen LogP contribution in [0.3, 0.4) is 0 Å².